The van der Waals surface area contributed by atoms with Gasteiger partial charge in [-0.15, -0.1) is 20.4 Å². The lowest BCUT2D eigenvalue weighted by Crippen LogP contribution is -2.31. The smallest absolute Gasteiger partial charge is 0.177 e. The average molecular weight is 1490 g/mol. The predicted molar refractivity (Wildman–Crippen MR) is 409 cm³/mol. The van der Waals surface area contributed by atoms with E-state index in [0.717, 1.165) is 54.1 Å². The Hall–Kier alpha value is -4.86. The fourth-order valence-electron chi connectivity index (χ4n) is 5.07. The van der Waals surface area contributed by atoms with Crippen molar-refractivity contribution in [2.45, 2.75) is 288 Å². The molecule has 5 aromatic rings. The van der Waals surface area contributed by atoms with Crippen molar-refractivity contribution in [2.24, 2.45) is 64.6 Å². The lowest BCUT2D eigenvalue weighted by Gasteiger charge is -2.28. The highest BCUT2D eigenvalue weighted by Gasteiger charge is 2.29. The molecule has 101 heavy (non-hydrogen) atoms. The summed E-state index contributed by atoms with van der Waals surface area (Å²) in [5.74, 6) is 11.3. The molecule has 4 atom stereocenters. The Balaban J connectivity index is -0.000000190. The molecular formula is C70H151N17O12S2. The SMILES string of the molecule is CC(C)C(C)(C)O.CC(C)C(C)(CO)CO.CC(C)C1CCS(=O)(=O)C1.CC(C)CCS(C)(=O)=O.CC(C)CO.CC(C)Cc1nn[nH]n1.CC(C)[C@@H](C)O.CC(C)[C@H](C)O.CC(C)[C@H](O)CO.CC(C)c1cn[nH]n1.CC(C)c1ncn[nH]1.CC(C)c1nn[nH]n1.Cc1nc(C(C)C)n[nH]1. The van der Waals surface area contributed by atoms with Crippen LogP contribution < -0.4 is 0 Å². The molecule has 0 aromatic carbocycles. The molecule has 1 saturated heterocycles. The summed E-state index contributed by atoms with van der Waals surface area (Å²) in [7, 11) is -5.36. The topological polar surface area (TPSA) is 464 Å². The van der Waals surface area contributed by atoms with Crippen molar-refractivity contribution in [3.8, 4) is 0 Å². The first-order chi connectivity index (χ1) is 46.1. The number of aliphatic hydroxyl groups is 8. The number of aliphatic hydroxyl groups excluding tert-OH is 7. The van der Waals surface area contributed by atoms with Crippen LogP contribution in [0.2, 0.25) is 0 Å². The van der Waals surface area contributed by atoms with Crippen molar-refractivity contribution in [3.63, 3.8) is 0 Å². The number of rotatable bonds is 19. The van der Waals surface area contributed by atoms with Crippen molar-refractivity contribution >= 4 is 19.7 Å². The van der Waals surface area contributed by atoms with Gasteiger partial charge in [0, 0.05) is 42.5 Å². The molecule has 0 spiro atoms. The molecule has 29 nitrogen and oxygen atoms in total. The zero-order chi connectivity index (χ0) is 80.8. The summed E-state index contributed by atoms with van der Waals surface area (Å²) >= 11 is 0. The molecule has 0 radical (unpaired) electrons. The highest BCUT2D eigenvalue weighted by molar-refractivity contribution is 7.91. The van der Waals surface area contributed by atoms with E-state index in [2.05, 4.69) is 156 Å². The molecule has 5 aromatic heterocycles. The van der Waals surface area contributed by atoms with Gasteiger partial charge in [0.15, 0.2) is 27.3 Å². The summed E-state index contributed by atoms with van der Waals surface area (Å²) in [6, 6.07) is 0. The standard InChI is InChI=1S/C7H14O2S.C7H16O2.C6H11N3.C6H14O2S.C6H14O.C5H10N4.2C5H9N3.C5H12O2.2C5H12O.C4H8N4.C4H10O/c1-6(2)7-3-4-10(8,9)5-7;1-6(2)7(3,4-8)5-9;1-4(2)6-7-5(3)8-9-6;1-6(2)4-5-9(3,7)8;1-5(2)6(3,4)7;1-4(2)3-5-6-8-9-7-5;1-4(2)5-6-3-7-8-5;1-4(2)5-3-6-8-7-5;1-4(2)5(7)3-6;2*1-4(2)5(3)6;1-3(2)4-5-7-8-6-4;1-4(2)3-5/h6-7H,3-5H2,1-2H3;6,8-9H,4-5H2,1-3H3;4H,1-3H3,(H,7,8,9);6H,4-5H2,1-3H3;5,7H,1-4H3;4H,3H2,1-2H3,(H,6,7,8,9);2*3-4H,1-2H3,(H,6,7,8);4-7H,3H2,1-2H3;2*4-6H,1-3H3;3H,1-2H3,(H,5,6,7,8);4-5H,3H2,1-2H3/t;;;;;;;;3*5-;;/m........110../s1. The van der Waals surface area contributed by atoms with Gasteiger partial charge in [-0.1, -0.05) is 197 Å². The van der Waals surface area contributed by atoms with E-state index in [1.165, 1.54) is 12.6 Å². The second-order valence-corrected chi connectivity index (χ2v) is 35.0. The molecule has 31 heteroatoms. The van der Waals surface area contributed by atoms with E-state index in [1.54, 1.807) is 20.0 Å². The Labute approximate surface area is 611 Å². The monoisotopic (exact) mass is 1490 g/mol. The Morgan fingerprint density at radius 1 is 0.574 bits per heavy atom. The van der Waals surface area contributed by atoms with Gasteiger partial charge in [0.25, 0.3) is 0 Å². The van der Waals surface area contributed by atoms with Crippen LogP contribution in [0.5, 0.6) is 0 Å². The summed E-state index contributed by atoms with van der Waals surface area (Å²) < 4.78 is 43.0. The molecule has 13 N–H and O–H groups in total. The number of aromatic amines is 5. The van der Waals surface area contributed by atoms with Gasteiger partial charge in [0.05, 0.1) is 72.9 Å². The molecule has 600 valence electrons. The zero-order valence-corrected chi connectivity index (χ0v) is 70.6. The summed E-state index contributed by atoms with van der Waals surface area (Å²) in [5, 5.41) is 119. The van der Waals surface area contributed by atoms with Crippen molar-refractivity contribution in [2.75, 3.05) is 49.9 Å². The number of aryl methyl sites for hydroxylation is 1. The lowest BCUT2D eigenvalue weighted by atomic mass is 9.81. The minimum atomic E-state index is -2.72. The van der Waals surface area contributed by atoms with Crippen LogP contribution in [0.4, 0.5) is 0 Å². The number of nitrogens with zero attached hydrogens (tertiary/aromatic N) is 12. The molecule has 6 heterocycles. The highest BCUT2D eigenvalue weighted by atomic mass is 32.2. The highest BCUT2D eigenvalue weighted by Crippen LogP contribution is 2.26. The molecule has 1 aliphatic rings. The van der Waals surface area contributed by atoms with Gasteiger partial charge in [0.2, 0.25) is 0 Å². The normalized spacial score (nSPS) is 13.9. The molecule has 6 rings (SSSR count). The molecule has 0 aliphatic carbocycles. The van der Waals surface area contributed by atoms with Crippen LogP contribution in [-0.4, -0.2) is 219 Å². The third-order valence-electron chi connectivity index (χ3n) is 15.1. The van der Waals surface area contributed by atoms with E-state index in [-0.39, 0.29) is 43.4 Å². The fourth-order valence-corrected chi connectivity index (χ4v) is 8.01. The minimum absolute atomic E-state index is 0.0567. The molecular weight excluding hydrogens is 1340 g/mol. The van der Waals surface area contributed by atoms with Crippen LogP contribution in [-0.2, 0) is 26.1 Å². The molecule has 0 bridgehead atoms. The average Bonchev–Trinajstić information content (AvgIpc) is 1.75. The van der Waals surface area contributed by atoms with Gasteiger partial charge in [-0.25, -0.2) is 26.8 Å². The number of nitrogens with one attached hydrogen (secondary N) is 5. The second kappa shape index (κ2) is 61.4. The third kappa shape index (κ3) is 71.9. The summed E-state index contributed by atoms with van der Waals surface area (Å²) in [6.07, 6.45) is 6.25. The first kappa shape index (κ1) is 110. The van der Waals surface area contributed by atoms with Gasteiger partial charge < -0.3 is 40.9 Å². The van der Waals surface area contributed by atoms with E-state index >= 15 is 0 Å². The number of hydrogen-bond acceptors (Lipinski definition) is 24. The summed E-state index contributed by atoms with van der Waals surface area (Å²) in [6.45, 7) is 63.9. The van der Waals surface area contributed by atoms with E-state index in [0.29, 0.717) is 101 Å². The third-order valence-corrected chi connectivity index (χ3v) is 17.8. The number of hydrogen-bond donors (Lipinski definition) is 13. The Morgan fingerprint density at radius 2 is 1.04 bits per heavy atom. The van der Waals surface area contributed by atoms with Crippen molar-refractivity contribution in [3.05, 3.63) is 47.3 Å². The number of tetrazole rings is 2. The van der Waals surface area contributed by atoms with Gasteiger partial charge in [-0.3, -0.25) is 10.2 Å². The first-order valence-corrected chi connectivity index (χ1v) is 39.6. The Bertz CT molecular complexity index is 2620. The van der Waals surface area contributed by atoms with E-state index in [1.807, 2.05) is 138 Å². The maximum atomic E-state index is 10.9. The largest absolute Gasteiger partial charge is 0.396 e. The Morgan fingerprint density at radius 3 is 1.19 bits per heavy atom. The number of H-pyrrole nitrogens is 5. The second-order valence-electron chi connectivity index (χ2n) is 30.6. The summed E-state index contributed by atoms with van der Waals surface area (Å²) in [5.41, 5.74) is 0.213. The van der Waals surface area contributed by atoms with Crippen LogP contribution in [0.1, 0.15) is 286 Å². The molecule has 1 fully saturated rings. The fraction of sp³-hybridized carbons (Fsp3) is 0.886. The number of sulfone groups is 2. The quantitative estimate of drug-likeness (QED) is 0.0365. The van der Waals surface area contributed by atoms with E-state index in [9.17, 15) is 16.8 Å². The molecule has 1 unspecified atom stereocenters. The maximum absolute atomic E-state index is 10.9. The lowest BCUT2D eigenvalue weighted by molar-refractivity contribution is 0.0321. The Kier molecular flexibility index (Phi) is 66.6. The van der Waals surface area contributed by atoms with Crippen molar-refractivity contribution in [1.29, 1.82) is 0 Å². The van der Waals surface area contributed by atoms with Crippen molar-refractivity contribution < 1.29 is 57.7 Å². The van der Waals surface area contributed by atoms with Crippen LogP contribution in [0, 0.1) is 71.5 Å². The molecule has 0 saturated carbocycles. The minimum Gasteiger partial charge on any atom is -0.396 e. The first-order valence-electron chi connectivity index (χ1n) is 35.7. The van der Waals surface area contributed by atoms with Gasteiger partial charge >= 0.3 is 0 Å². The van der Waals surface area contributed by atoms with Crippen LogP contribution in [0.25, 0.3) is 0 Å². The van der Waals surface area contributed by atoms with E-state index < -0.39 is 31.4 Å². The van der Waals surface area contributed by atoms with Gasteiger partial charge in [-0.05, 0) is 113 Å². The van der Waals surface area contributed by atoms with Crippen molar-refractivity contribution in [1.82, 2.24) is 87.0 Å². The predicted octanol–water partition coefficient (Wildman–Crippen LogP) is 10.7. The molecule has 1 aliphatic heterocycles. The maximum Gasteiger partial charge on any atom is 0.177 e. The van der Waals surface area contributed by atoms with E-state index in [4.69, 9.17) is 40.9 Å². The van der Waals surface area contributed by atoms with Crippen LogP contribution in [0.3, 0.4) is 0 Å². The van der Waals surface area contributed by atoms with Crippen LogP contribution >= 0.6 is 0 Å². The summed E-state index contributed by atoms with van der Waals surface area (Å²) in [4.78, 5) is 8.09. The van der Waals surface area contributed by atoms with Gasteiger partial charge in [-0.2, -0.15) is 36.0 Å². The zero-order valence-electron chi connectivity index (χ0n) is 68.9. The number of aromatic nitrogens is 17. The van der Waals surface area contributed by atoms with Gasteiger partial charge in [0.1, 0.15) is 27.8 Å². The molecule has 0 amide bonds. The van der Waals surface area contributed by atoms with Crippen LogP contribution in [0.15, 0.2) is 12.5 Å².